The second-order valence-corrected chi connectivity index (χ2v) is 8.73. The number of aliphatic hydroxyl groups excluding tert-OH is 1. The van der Waals surface area contributed by atoms with E-state index >= 15 is 0 Å². The van der Waals surface area contributed by atoms with Gasteiger partial charge in [0, 0.05) is 18.6 Å². The first-order valence-corrected chi connectivity index (χ1v) is 10.8. The van der Waals surface area contributed by atoms with Gasteiger partial charge in [-0.15, -0.1) is 0 Å². The number of hydrogen-bond donors (Lipinski definition) is 4. The Hall–Kier alpha value is -2.72. The van der Waals surface area contributed by atoms with Gasteiger partial charge in [0.25, 0.3) is 5.56 Å². The lowest BCUT2D eigenvalue weighted by Crippen LogP contribution is -2.43. The van der Waals surface area contributed by atoms with Gasteiger partial charge in [-0.3, -0.25) is 19.2 Å². The lowest BCUT2D eigenvalue weighted by molar-refractivity contribution is -0.00476. The number of aromatic amines is 1. The van der Waals surface area contributed by atoms with Crippen molar-refractivity contribution < 1.29 is 23.6 Å². The highest BCUT2D eigenvalue weighted by atomic mass is 31.2. The lowest BCUT2D eigenvalue weighted by atomic mass is 9.70. The number of nitrogens with two attached hydrogens (primary N) is 1. The first-order chi connectivity index (χ1) is 14.3. The molecule has 1 fully saturated rings. The van der Waals surface area contributed by atoms with Gasteiger partial charge in [-0.1, -0.05) is 17.7 Å². The highest BCUT2D eigenvalue weighted by Crippen LogP contribution is 2.50. The molecule has 11 nitrogen and oxygen atoms in total. The van der Waals surface area contributed by atoms with Gasteiger partial charge in [-0.05, 0) is 31.4 Å². The first-order valence-electron chi connectivity index (χ1n) is 9.34. The molecule has 1 aromatic carbocycles. The van der Waals surface area contributed by atoms with E-state index in [-0.39, 0.29) is 48.3 Å². The fourth-order valence-electron chi connectivity index (χ4n) is 3.68. The molecule has 5 N–H and O–H groups in total. The summed E-state index contributed by atoms with van der Waals surface area (Å²) >= 11 is 0. The average Bonchev–Trinajstić information content (AvgIpc) is 3.07. The van der Waals surface area contributed by atoms with Crippen LogP contribution in [-0.4, -0.2) is 42.7 Å². The molecule has 0 saturated heterocycles. The van der Waals surface area contributed by atoms with Crippen LogP contribution in [-0.2, 0) is 9.09 Å². The van der Waals surface area contributed by atoms with Gasteiger partial charge >= 0.3 is 7.82 Å². The number of aromatic nitrogens is 4. The molecule has 0 amide bonds. The lowest BCUT2D eigenvalue weighted by Gasteiger charge is -2.44. The summed E-state index contributed by atoms with van der Waals surface area (Å²) in [5.41, 5.74) is 6.63. The number of aryl methyl sites for hydroxylation is 1. The number of nitrogens with zero attached hydrogens (tertiary/aromatic N) is 3. The van der Waals surface area contributed by atoms with Gasteiger partial charge in [0.1, 0.15) is 5.75 Å². The third-order valence-electron chi connectivity index (χ3n) is 5.36. The monoisotopic (exact) mass is 435 g/mol. The van der Waals surface area contributed by atoms with Gasteiger partial charge in [-0.25, -0.2) is 9.55 Å². The summed E-state index contributed by atoms with van der Waals surface area (Å²) in [5, 5.41) is 9.63. The summed E-state index contributed by atoms with van der Waals surface area (Å²) in [6, 6.07) is 6.43. The summed E-state index contributed by atoms with van der Waals surface area (Å²) in [4.78, 5) is 32.7. The van der Waals surface area contributed by atoms with E-state index in [4.69, 9.17) is 14.8 Å². The fourth-order valence-corrected chi connectivity index (χ4v) is 4.48. The topological polar surface area (TPSA) is 166 Å². The maximum Gasteiger partial charge on any atom is 0.527 e. The Kier molecular flexibility index (Phi) is 5.37. The van der Waals surface area contributed by atoms with Crippen molar-refractivity contribution in [3.63, 3.8) is 0 Å². The zero-order valence-electron chi connectivity index (χ0n) is 16.1. The van der Waals surface area contributed by atoms with E-state index in [9.17, 15) is 19.4 Å². The Morgan fingerprint density at radius 2 is 2.10 bits per heavy atom. The van der Waals surface area contributed by atoms with Crippen molar-refractivity contribution in [2.75, 3.05) is 18.9 Å². The molecule has 0 radical (unpaired) electrons. The van der Waals surface area contributed by atoms with E-state index in [0.29, 0.717) is 12.1 Å². The Labute approximate surface area is 171 Å². The molecular formula is C18H22N5O6P. The van der Waals surface area contributed by atoms with Crippen LogP contribution in [0.15, 0.2) is 35.4 Å². The van der Waals surface area contributed by atoms with E-state index in [1.807, 2.05) is 6.92 Å². The SMILES string of the molecule is Cc1ccc(OP(=O)(O)OC[C@@H]2[C@@H](CO)C[C@H]2n2cnc3c(=O)[nH]c(N)nc32)cc1. The minimum absolute atomic E-state index is 0.0357. The average molecular weight is 435 g/mol. The minimum atomic E-state index is -4.36. The van der Waals surface area contributed by atoms with E-state index < -0.39 is 13.4 Å². The van der Waals surface area contributed by atoms with Crippen LogP contribution in [0.25, 0.3) is 11.2 Å². The molecule has 0 spiro atoms. The Morgan fingerprint density at radius 3 is 2.80 bits per heavy atom. The fraction of sp³-hybridized carbons (Fsp3) is 0.389. The van der Waals surface area contributed by atoms with Crippen LogP contribution in [0.1, 0.15) is 18.0 Å². The molecule has 1 aliphatic rings. The molecule has 1 unspecified atom stereocenters. The number of rotatable bonds is 7. The molecule has 0 aliphatic heterocycles. The largest absolute Gasteiger partial charge is 0.527 e. The number of H-pyrrole nitrogens is 1. The van der Waals surface area contributed by atoms with Crippen LogP contribution in [0, 0.1) is 18.8 Å². The number of imidazole rings is 1. The third kappa shape index (κ3) is 3.97. The maximum absolute atomic E-state index is 12.4. The van der Waals surface area contributed by atoms with E-state index in [0.717, 1.165) is 5.56 Å². The number of hydrogen-bond acceptors (Lipinski definition) is 8. The summed E-state index contributed by atoms with van der Waals surface area (Å²) in [6.07, 6.45) is 2.04. The molecule has 30 heavy (non-hydrogen) atoms. The molecule has 2 heterocycles. The Bertz CT molecular complexity index is 1160. The van der Waals surface area contributed by atoms with Gasteiger partial charge in [0.2, 0.25) is 5.95 Å². The summed E-state index contributed by atoms with van der Waals surface area (Å²) < 4.78 is 24.4. The van der Waals surface area contributed by atoms with Crippen molar-refractivity contribution in [1.82, 2.24) is 19.5 Å². The number of anilines is 1. The Balaban J connectivity index is 1.50. The number of phosphoric ester groups is 1. The molecule has 4 rings (SSSR count). The zero-order chi connectivity index (χ0) is 21.5. The number of aliphatic hydroxyl groups is 1. The van der Waals surface area contributed by atoms with Crippen molar-refractivity contribution in [2.45, 2.75) is 19.4 Å². The van der Waals surface area contributed by atoms with E-state index in [1.54, 1.807) is 28.8 Å². The molecule has 1 aliphatic carbocycles. The normalized spacial score (nSPS) is 23.1. The Morgan fingerprint density at radius 1 is 1.37 bits per heavy atom. The van der Waals surface area contributed by atoms with Crippen LogP contribution in [0.4, 0.5) is 5.95 Å². The van der Waals surface area contributed by atoms with Crippen LogP contribution in [0.2, 0.25) is 0 Å². The third-order valence-corrected chi connectivity index (χ3v) is 6.28. The standard InChI is InChI=1S/C18H22N5O6P/c1-10-2-4-12(5-3-10)29-30(26,27)28-8-13-11(7-24)6-14(13)23-9-20-15-16(23)21-18(19)22-17(15)25/h2-5,9,11,13-14,24H,6-8H2,1H3,(H,26,27)(H3,19,21,22,25)/t11-,13-,14-/m1/s1. The summed E-state index contributed by atoms with van der Waals surface area (Å²) in [6.45, 7) is 1.65. The predicted molar refractivity (Wildman–Crippen MR) is 108 cm³/mol. The molecule has 1 saturated carbocycles. The number of benzene rings is 1. The van der Waals surface area contributed by atoms with Crippen LogP contribution in [0.3, 0.4) is 0 Å². The van der Waals surface area contributed by atoms with E-state index in [1.165, 1.54) is 6.33 Å². The first kappa shape index (κ1) is 20.5. The second-order valence-electron chi connectivity index (χ2n) is 7.35. The molecule has 2 aromatic heterocycles. The van der Waals surface area contributed by atoms with E-state index in [2.05, 4.69) is 15.0 Å². The predicted octanol–water partition coefficient (Wildman–Crippen LogP) is 1.38. The van der Waals surface area contributed by atoms with Crippen molar-refractivity contribution in [3.8, 4) is 5.75 Å². The molecular weight excluding hydrogens is 413 g/mol. The van der Waals surface area contributed by atoms with Crippen molar-refractivity contribution in [3.05, 3.63) is 46.5 Å². The van der Waals surface area contributed by atoms with Gasteiger partial charge in [0.15, 0.2) is 11.2 Å². The molecule has 160 valence electrons. The number of phosphoric acid groups is 1. The highest BCUT2D eigenvalue weighted by Gasteiger charge is 2.44. The second kappa shape index (κ2) is 7.84. The number of fused-ring (bicyclic) bond motifs is 1. The van der Waals surface area contributed by atoms with Crippen molar-refractivity contribution >= 4 is 24.9 Å². The quantitative estimate of drug-likeness (QED) is 0.401. The number of nitrogen functional groups attached to an aromatic ring is 1. The van der Waals surface area contributed by atoms with Gasteiger partial charge < -0.3 is 19.9 Å². The summed E-state index contributed by atoms with van der Waals surface area (Å²) in [7, 11) is -4.36. The van der Waals surface area contributed by atoms with Crippen LogP contribution < -0.4 is 15.8 Å². The molecule has 0 bridgehead atoms. The van der Waals surface area contributed by atoms with Crippen LogP contribution in [0.5, 0.6) is 5.75 Å². The summed E-state index contributed by atoms with van der Waals surface area (Å²) in [5.74, 6) is -0.274. The minimum Gasteiger partial charge on any atom is -0.404 e. The maximum atomic E-state index is 12.4. The van der Waals surface area contributed by atoms with Crippen molar-refractivity contribution in [2.24, 2.45) is 11.8 Å². The molecule has 4 atom stereocenters. The van der Waals surface area contributed by atoms with Gasteiger partial charge in [0.05, 0.1) is 12.9 Å². The van der Waals surface area contributed by atoms with Gasteiger partial charge in [-0.2, -0.15) is 4.98 Å². The van der Waals surface area contributed by atoms with Crippen molar-refractivity contribution in [1.29, 1.82) is 0 Å². The molecule has 12 heteroatoms. The highest BCUT2D eigenvalue weighted by molar-refractivity contribution is 7.47. The number of nitrogens with one attached hydrogen (secondary N) is 1. The zero-order valence-corrected chi connectivity index (χ0v) is 17.0. The molecule has 3 aromatic rings. The van der Waals surface area contributed by atoms with Crippen LogP contribution >= 0.6 is 7.82 Å². The smallest absolute Gasteiger partial charge is 0.404 e.